The van der Waals surface area contributed by atoms with Gasteiger partial charge in [0.2, 0.25) is 0 Å². The molecule has 0 atom stereocenters. The number of carbonyl (C=O) groups is 1. The molecule has 7 heteroatoms. The summed E-state index contributed by atoms with van der Waals surface area (Å²) in [6.07, 6.45) is 1.34. The van der Waals surface area contributed by atoms with Gasteiger partial charge in [-0.05, 0) is 35.0 Å². The number of ether oxygens (including phenoxy) is 2. The summed E-state index contributed by atoms with van der Waals surface area (Å²) in [5, 5.41) is 2.52. The van der Waals surface area contributed by atoms with Gasteiger partial charge < -0.3 is 14.4 Å². The first kappa shape index (κ1) is 19.8. The van der Waals surface area contributed by atoms with E-state index in [4.69, 9.17) is 9.47 Å². The Hall–Kier alpha value is -3.19. The summed E-state index contributed by atoms with van der Waals surface area (Å²) in [6.45, 7) is 1.16. The SMILES string of the molecule is COc1cc2ccccc2cc1C(=O)N1CCC(Oc2nc3c(F)cccc3s2)CC1. The Bertz CT molecular complexity index is 1260. The van der Waals surface area contributed by atoms with Gasteiger partial charge in [0.05, 0.1) is 17.4 Å². The van der Waals surface area contributed by atoms with E-state index in [2.05, 4.69) is 4.98 Å². The maximum atomic E-state index is 13.9. The summed E-state index contributed by atoms with van der Waals surface area (Å²) in [6, 6.07) is 16.6. The first-order valence-corrected chi connectivity index (χ1v) is 11.0. The van der Waals surface area contributed by atoms with Gasteiger partial charge in [0.15, 0.2) is 0 Å². The molecule has 1 saturated heterocycles. The molecule has 1 aromatic heterocycles. The third-order valence-corrected chi connectivity index (χ3v) is 6.56. The smallest absolute Gasteiger partial charge is 0.274 e. The molecule has 0 saturated carbocycles. The van der Waals surface area contributed by atoms with E-state index in [1.807, 2.05) is 47.4 Å². The predicted molar refractivity (Wildman–Crippen MR) is 120 cm³/mol. The normalized spacial score (nSPS) is 14.8. The molecule has 3 aromatic carbocycles. The molecule has 0 bridgehead atoms. The molecule has 31 heavy (non-hydrogen) atoms. The first-order valence-electron chi connectivity index (χ1n) is 10.2. The van der Waals surface area contributed by atoms with Crippen molar-refractivity contribution in [2.45, 2.75) is 18.9 Å². The number of amides is 1. The van der Waals surface area contributed by atoms with Crippen LogP contribution in [0.5, 0.6) is 10.9 Å². The topological polar surface area (TPSA) is 51.7 Å². The Kier molecular flexibility index (Phi) is 5.19. The van der Waals surface area contributed by atoms with E-state index in [0.29, 0.717) is 48.0 Å². The molecule has 158 valence electrons. The van der Waals surface area contributed by atoms with Crippen LogP contribution in [0.25, 0.3) is 21.0 Å². The van der Waals surface area contributed by atoms with Crippen molar-refractivity contribution in [3.8, 4) is 10.9 Å². The summed E-state index contributed by atoms with van der Waals surface area (Å²) in [4.78, 5) is 19.3. The maximum Gasteiger partial charge on any atom is 0.274 e. The third-order valence-electron chi connectivity index (χ3n) is 5.65. The van der Waals surface area contributed by atoms with Crippen molar-refractivity contribution in [1.29, 1.82) is 0 Å². The molecule has 0 radical (unpaired) electrons. The molecule has 4 aromatic rings. The van der Waals surface area contributed by atoms with E-state index in [1.54, 1.807) is 13.2 Å². The zero-order valence-corrected chi connectivity index (χ0v) is 17.8. The minimum absolute atomic E-state index is 0.0388. The summed E-state index contributed by atoms with van der Waals surface area (Å²) < 4.78 is 26.1. The lowest BCUT2D eigenvalue weighted by Gasteiger charge is -2.32. The molecule has 1 aliphatic rings. The lowest BCUT2D eigenvalue weighted by atomic mass is 10.0. The lowest BCUT2D eigenvalue weighted by molar-refractivity contribution is 0.0592. The number of piperidine rings is 1. The zero-order chi connectivity index (χ0) is 21.4. The highest BCUT2D eigenvalue weighted by Crippen LogP contribution is 2.32. The minimum atomic E-state index is -0.339. The van der Waals surface area contributed by atoms with Crippen molar-refractivity contribution >= 4 is 38.2 Å². The van der Waals surface area contributed by atoms with Crippen LogP contribution < -0.4 is 9.47 Å². The summed E-state index contributed by atoms with van der Waals surface area (Å²) in [5.41, 5.74) is 0.917. The quantitative estimate of drug-likeness (QED) is 0.437. The van der Waals surface area contributed by atoms with Gasteiger partial charge in [-0.2, -0.15) is 4.98 Å². The molecule has 0 aliphatic carbocycles. The molecule has 5 rings (SSSR count). The number of aromatic nitrogens is 1. The number of thiazole rings is 1. The van der Waals surface area contributed by atoms with Crippen molar-refractivity contribution in [3.05, 3.63) is 66.0 Å². The molecule has 0 N–H and O–H groups in total. The van der Waals surface area contributed by atoms with Gasteiger partial charge in [0, 0.05) is 25.9 Å². The average molecular weight is 437 g/mol. The van der Waals surface area contributed by atoms with Crippen LogP contribution in [-0.4, -0.2) is 42.1 Å². The van der Waals surface area contributed by atoms with Crippen LogP contribution in [0, 0.1) is 5.82 Å². The number of fused-ring (bicyclic) bond motifs is 2. The number of methoxy groups -OCH3 is 1. The second-order valence-corrected chi connectivity index (χ2v) is 8.57. The van der Waals surface area contributed by atoms with Crippen LogP contribution in [0.15, 0.2) is 54.6 Å². The van der Waals surface area contributed by atoms with E-state index < -0.39 is 0 Å². The van der Waals surface area contributed by atoms with Crippen LogP contribution in [0.3, 0.4) is 0 Å². The van der Waals surface area contributed by atoms with Crippen molar-refractivity contribution in [2.75, 3.05) is 20.2 Å². The summed E-state index contributed by atoms with van der Waals surface area (Å²) in [5.74, 6) is 0.204. The number of nitrogens with zero attached hydrogens (tertiary/aromatic N) is 2. The van der Waals surface area contributed by atoms with Crippen LogP contribution in [0.1, 0.15) is 23.2 Å². The fraction of sp³-hybridized carbons (Fsp3) is 0.250. The van der Waals surface area contributed by atoms with Crippen molar-refractivity contribution in [3.63, 3.8) is 0 Å². The van der Waals surface area contributed by atoms with Crippen LogP contribution in [0.4, 0.5) is 4.39 Å². The number of carbonyl (C=O) groups excluding carboxylic acids is 1. The van der Waals surface area contributed by atoms with Gasteiger partial charge >= 0.3 is 0 Å². The molecule has 1 amide bonds. The van der Waals surface area contributed by atoms with Crippen molar-refractivity contribution in [2.24, 2.45) is 0 Å². The molecular weight excluding hydrogens is 415 g/mol. The van der Waals surface area contributed by atoms with Gasteiger partial charge in [0.1, 0.15) is 23.2 Å². The molecular formula is C24H21FN2O3S. The van der Waals surface area contributed by atoms with Crippen LogP contribution >= 0.6 is 11.3 Å². The second-order valence-electron chi connectivity index (χ2n) is 7.58. The summed E-state index contributed by atoms with van der Waals surface area (Å²) in [7, 11) is 1.59. The van der Waals surface area contributed by atoms with Crippen LogP contribution in [0.2, 0.25) is 0 Å². The standard InChI is InChI=1S/C24H21FN2O3S/c1-29-20-14-16-6-3-2-5-15(16)13-18(20)23(28)27-11-9-17(10-12-27)30-24-26-22-19(25)7-4-8-21(22)31-24/h2-8,13-14,17H,9-12H2,1H3. The number of para-hydroxylation sites is 1. The highest BCUT2D eigenvalue weighted by Gasteiger charge is 2.27. The number of halogens is 1. The fourth-order valence-corrected chi connectivity index (χ4v) is 4.89. The van der Waals surface area contributed by atoms with Crippen molar-refractivity contribution < 1.29 is 18.7 Å². The highest BCUT2D eigenvalue weighted by atomic mass is 32.1. The van der Waals surface area contributed by atoms with Gasteiger partial charge in [-0.25, -0.2) is 4.39 Å². The molecule has 0 spiro atoms. The van der Waals surface area contributed by atoms with E-state index in [0.717, 1.165) is 15.5 Å². The van der Waals surface area contributed by atoms with Crippen molar-refractivity contribution in [1.82, 2.24) is 9.88 Å². The zero-order valence-electron chi connectivity index (χ0n) is 17.0. The number of benzene rings is 3. The van der Waals surface area contributed by atoms with Gasteiger partial charge in [0.25, 0.3) is 11.1 Å². The molecule has 1 fully saturated rings. The van der Waals surface area contributed by atoms with E-state index >= 15 is 0 Å². The van der Waals surface area contributed by atoms with E-state index in [1.165, 1.54) is 17.4 Å². The van der Waals surface area contributed by atoms with E-state index in [-0.39, 0.29) is 17.8 Å². The van der Waals surface area contributed by atoms with E-state index in [9.17, 15) is 9.18 Å². The number of hydrogen-bond donors (Lipinski definition) is 0. The Balaban J connectivity index is 1.28. The second kappa shape index (κ2) is 8.15. The maximum absolute atomic E-state index is 13.9. The highest BCUT2D eigenvalue weighted by molar-refractivity contribution is 7.20. The van der Waals surface area contributed by atoms with Gasteiger partial charge in [-0.15, -0.1) is 0 Å². The molecule has 1 aliphatic heterocycles. The van der Waals surface area contributed by atoms with Gasteiger partial charge in [-0.1, -0.05) is 41.7 Å². The largest absolute Gasteiger partial charge is 0.496 e. The Labute approximate surface area is 183 Å². The fourth-order valence-electron chi connectivity index (χ4n) is 3.99. The molecule has 0 unspecified atom stereocenters. The molecule has 2 heterocycles. The number of hydrogen-bond acceptors (Lipinski definition) is 5. The average Bonchev–Trinajstić information content (AvgIpc) is 3.22. The minimum Gasteiger partial charge on any atom is -0.496 e. The Morgan fingerprint density at radius 3 is 2.55 bits per heavy atom. The third kappa shape index (κ3) is 3.81. The van der Waals surface area contributed by atoms with Gasteiger partial charge in [-0.3, -0.25) is 4.79 Å². The lowest BCUT2D eigenvalue weighted by Crippen LogP contribution is -2.41. The number of likely N-dealkylation sites (tertiary alicyclic amines) is 1. The predicted octanol–water partition coefficient (Wildman–Crippen LogP) is 5.28. The Morgan fingerprint density at radius 2 is 1.84 bits per heavy atom. The Morgan fingerprint density at radius 1 is 1.10 bits per heavy atom. The summed E-state index contributed by atoms with van der Waals surface area (Å²) >= 11 is 1.34. The number of rotatable bonds is 4. The monoisotopic (exact) mass is 436 g/mol. The first-order chi connectivity index (χ1) is 15.1. The molecule has 5 nitrogen and oxygen atoms in total. The van der Waals surface area contributed by atoms with Crippen LogP contribution in [-0.2, 0) is 0 Å².